The fourth-order valence-corrected chi connectivity index (χ4v) is 4.45. The number of hydrogen-bond donors (Lipinski definition) is 2. The summed E-state index contributed by atoms with van der Waals surface area (Å²) in [6.07, 6.45) is 1.24. The average molecular weight is 413 g/mol. The van der Waals surface area contributed by atoms with Gasteiger partial charge in [0.15, 0.2) is 6.04 Å². The van der Waals surface area contributed by atoms with Crippen molar-refractivity contribution in [3.8, 4) is 5.75 Å². The van der Waals surface area contributed by atoms with Gasteiger partial charge >= 0.3 is 0 Å². The third-order valence-electron chi connectivity index (χ3n) is 6.25. The lowest BCUT2D eigenvalue weighted by molar-refractivity contribution is -1.02. The van der Waals surface area contributed by atoms with E-state index in [0.29, 0.717) is 5.69 Å². The zero-order valence-corrected chi connectivity index (χ0v) is 17.2. The zero-order valence-electron chi connectivity index (χ0n) is 17.2. The molecule has 2 aliphatic heterocycles. The van der Waals surface area contributed by atoms with Crippen molar-refractivity contribution in [2.24, 2.45) is 0 Å². The first-order valence-corrected chi connectivity index (χ1v) is 10.5. The van der Waals surface area contributed by atoms with Crippen molar-refractivity contribution in [2.75, 3.05) is 44.7 Å². The lowest BCUT2D eigenvalue weighted by Crippen LogP contribution is -3.30. The number of piperazine rings is 1. The van der Waals surface area contributed by atoms with E-state index >= 15 is 0 Å². The molecule has 2 aromatic rings. The molecule has 6 nitrogen and oxygen atoms in total. The van der Waals surface area contributed by atoms with Gasteiger partial charge in [0, 0.05) is 6.42 Å². The smallest absolute Gasteiger partial charge is 0.292 e. The topological polar surface area (TPSA) is 55.5 Å². The Hall–Kier alpha value is -2.77. The Morgan fingerprint density at radius 3 is 2.30 bits per heavy atom. The van der Waals surface area contributed by atoms with Crippen molar-refractivity contribution < 1.29 is 28.5 Å². The van der Waals surface area contributed by atoms with Crippen LogP contribution in [0, 0.1) is 5.82 Å². The molecule has 2 N–H and O–H groups in total. The second-order valence-corrected chi connectivity index (χ2v) is 8.06. The number of methoxy groups -OCH3 is 1. The van der Waals surface area contributed by atoms with Gasteiger partial charge < -0.3 is 14.5 Å². The first-order valence-electron chi connectivity index (χ1n) is 10.5. The van der Waals surface area contributed by atoms with Crippen molar-refractivity contribution in [2.45, 2.75) is 18.9 Å². The fraction of sp³-hybridized carbons (Fsp3) is 0.391. The molecule has 0 aromatic heterocycles. The van der Waals surface area contributed by atoms with Gasteiger partial charge in [-0.2, -0.15) is 0 Å². The highest BCUT2D eigenvalue weighted by atomic mass is 19.1. The predicted molar refractivity (Wildman–Crippen MR) is 110 cm³/mol. The molecule has 0 aliphatic carbocycles. The van der Waals surface area contributed by atoms with E-state index in [-0.39, 0.29) is 30.1 Å². The number of amides is 2. The number of rotatable bonds is 6. The lowest BCUT2D eigenvalue weighted by atomic mass is 10.1. The van der Waals surface area contributed by atoms with Crippen LogP contribution in [0.3, 0.4) is 0 Å². The monoisotopic (exact) mass is 413 g/mol. The highest BCUT2D eigenvalue weighted by Gasteiger charge is 2.46. The predicted octanol–water partition coefficient (Wildman–Crippen LogP) is -0.508. The molecular formula is C23H28FN3O3+2. The Morgan fingerprint density at radius 1 is 1.00 bits per heavy atom. The maximum absolute atomic E-state index is 13.2. The first kappa shape index (κ1) is 20.5. The van der Waals surface area contributed by atoms with Gasteiger partial charge in [-0.3, -0.25) is 9.59 Å². The number of nitrogens with one attached hydrogen (secondary N) is 2. The summed E-state index contributed by atoms with van der Waals surface area (Å²) in [6.45, 7) is 4.77. The molecule has 1 atom stereocenters. The van der Waals surface area contributed by atoms with Gasteiger partial charge in [0.05, 0.1) is 25.8 Å². The summed E-state index contributed by atoms with van der Waals surface area (Å²) >= 11 is 0. The van der Waals surface area contributed by atoms with Crippen LogP contribution in [0.1, 0.15) is 12.0 Å². The van der Waals surface area contributed by atoms with Crippen molar-refractivity contribution in [1.29, 1.82) is 0 Å². The molecule has 2 aliphatic rings. The largest absolute Gasteiger partial charge is 0.497 e. The van der Waals surface area contributed by atoms with E-state index in [1.54, 1.807) is 7.11 Å². The summed E-state index contributed by atoms with van der Waals surface area (Å²) in [6, 6.07) is 13.4. The number of anilines is 1. The highest BCUT2D eigenvalue weighted by Crippen LogP contribution is 2.22. The molecule has 2 saturated heterocycles. The molecule has 0 spiro atoms. The third kappa shape index (κ3) is 4.37. The van der Waals surface area contributed by atoms with E-state index in [4.69, 9.17) is 4.74 Å². The molecule has 0 bridgehead atoms. The van der Waals surface area contributed by atoms with Crippen LogP contribution in [0.2, 0.25) is 0 Å². The Kier molecular flexibility index (Phi) is 6.11. The van der Waals surface area contributed by atoms with E-state index < -0.39 is 0 Å². The Labute approximate surface area is 175 Å². The Balaban J connectivity index is 1.30. The van der Waals surface area contributed by atoms with Crippen LogP contribution in [0.15, 0.2) is 48.5 Å². The SMILES string of the molecule is COc1ccc(CC[NH+]2CC[NH+]([C@H]3CC(=O)N(c4ccc(F)cc4)C3=O)CC2)cc1. The summed E-state index contributed by atoms with van der Waals surface area (Å²) in [7, 11) is 1.67. The second kappa shape index (κ2) is 8.93. The van der Waals surface area contributed by atoms with Gasteiger partial charge in [0.25, 0.3) is 5.91 Å². The molecule has 0 radical (unpaired) electrons. The van der Waals surface area contributed by atoms with Crippen molar-refractivity contribution in [3.05, 3.63) is 59.9 Å². The third-order valence-corrected chi connectivity index (χ3v) is 6.25. The standard InChI is InChI=1S/C23H26FN3O3/c1-30-20-8-2-17(3-9-20)10-11-25-12-14-26(15-13-25)21-16-22(28)27(23(21)29)19-6-4-18(24)5-7-19/h2-9,21H,10-16H2,1H3/p+2/t21-/m0/s1. The number of nitrogens with zero attached hydrogens (tertiary/aromatic N) is 1. The number of ether oxygens (including phenoxy) is 1. The quantitative estimate of drug-likeness (QED) is 0.628. The molecule has 0 unspecified atom stereocenters. The van der Waals surface area contributed by atoms with E-state index in [1.807, 2.05) is 12.1 Å². The minimum absolute atomic E-state index is 0.164. The first-order chi connectivity index (χ1) is 14.5. The number of benzene rings is 2. The van der Waals surface area contributed by atoms with E-state index in [0.717, 1.165) is 44.9 Å². The molecule has 2 heterocycles. The second-order valence-electron chi connectivity index (χ2n) is 8.06. The van der Waals surface area contributed by atoms with Gasteiger partial charge in [0.2, 0.25) is 5.91 Å². The number of carbonyl (C=O) groups is 2. The maximum Gasteiger partial charge on any atom is 0.292 e. The van der Waals surface area contributed by atoms with E-state index in [9.17, 15) is 14.0 Å². The summed E-state index contributed by atoms with van der Waals surface area (Å²) in [5, 5.41) is 0. The molecule has 0 saturated carbocycles. The molecule has 2 fully saturated rings. The Morgan fingerprint density at radius 2 is 1.67 bits per heavy atom. The van der Waals surface area contributed by atoms with Gasteiger partial charge in [-0.05, 0) is 42.0 Å². The van der Waals surface area contributed by atoms with Crippen molar-refractivity contribution >= 4 is 17.5 Å². The van der Waals surface area contributed by atoms with Gasteiger partial charge in [-0.1, -0.05) is 12.1 Å². The molecule has 4 rings (SSSR count). The number of hydrogen-bond acceptors (Lipinski definition) is 3. The van der Waals surface area contributed by atoms with Gasteiger partial charge in [0.1, 0.15) is 37.7 Å². The van der Waals surface area contributed by atoms with Crippen LogP contribution in [0.25, 0.3) is 0 Å². The fourth-order valence-electron chi connectivity index (χ4n) is 4.45. The molecule has 2 amide bonds. The van der Waals surface area contributed by atoms with Crippen LogP contribution in [-0.2, 0) is 16.0 Å². The molecular weight excluding hydrogens is 385 g/mol. The maximum atomic E-state index is 13.2. The van der Waals surface area contributed by atoms with Crippen LogP contribution in [0.4, 0.5) is 10.1 Å². The van der Waals surface area contributed by atoms with Crippen molar-refractivity contribution in [3.63, 3.8) is 0 Å². The highest BCUT2D eigenvalue weighted by molar-refractivity contribution is 6.21. The molecule has 158 valence electrons. The molecule has 7 heteroatoms. The average Bonchev–Trinajstić information content (AvgIpc) is 3.07. The number of quaternary nitrogens is 2. The lowest BCUT2D eigenvalue weighted by Gasteiger charge is -2.32. The summed E-state index contributed by atoms with van der Waals surface area (Å²) in [5.41, 5.74) is 1.75. The zero-order chi connectivity index (χ0) is 21.1. The van der Waals surface area contributed by atoms with Crippen LogP contribution in [-0.4, -0.2) is 57.7 Å². The number of halogens is 1. The van der Waals surface area contributed by atoms with Gasteiger partial charge in [-0.25, -0.2) is 9.29 Å². The van der Waals surface area contributed by atoms with E-state index in [1.165, 1.54) is 44.5 Å². The number of imide groups is 1. The molecule has 30 heavy (non-hydrogen) atoms. The minimum Gasteiger partial charge on any atom is -0.497 e. The van der Waals surface area contributed by atoms with Crippen LogP contribution >= 0.6 is 0 Å². The van der Waals surface area contributed by atoms with Gasteiger partial charge in [-0.15, -0.1) is 0 Å². The summed E-state index contributed by atoms with van der Waals surface area (Å²) < 4.78 is 18.4. The van der Waals surface area contributed by atoms with E-state index in [2.05, 4.69) is 12.1 Å². The summed E-state index contributed by atoms with van der Waals surface area (Å²) in [5.74, 6) is 0.129. The summed E-state index contributed by atoms with van der Waals surface area (Å²) in [4.78, 5) is 29.3. The van der Waals surface area contributed by atoms with Crippen LogP contribution < -0.4 is 19.4 Å². The normalized spacial score (nSPS) is 24.3. The minimum atomic E-state index is -0.381. The number of carbonyl (C=O) groups excluding carboxylic acids is 2. The molecule has 2 aromatic carbocycles. The van der Waals surface area contributed by atoms with Crippen LogP contribution in [0.5, 0.6) is 5.75 Å². The van der Waals surface area contributed by atoms with Crippen molar-refractivity contribution in [1.82, 2.24) is 0 Å². The Bertz CT molecular complexity index is 893.